The lowest BCUT2D eigenvalue weighted by molar-refractivity contribution is -0.895. The predicted molar refractivity (Wildman–Crippen MR) is 129 cm³/mol. The van der Waals surface area contributed by atoms with E-state index < -0.39 is 21.9 Å². The molecule has 180 valence electrons. The van der Waals surface area contributed by atoms with Gasteiger partial charge in [-0.15, -0.1) is 11.3 Å². The third-order valence-electron chi connectivity index (χ3n) is 5.71. The summed E-state index contributed by atoms with van der Waals surface area (Å²) in [5.74, 6) is -0.829. The van der Waals surface area contributed by atoms with Gasteiger partial charge in [-0.05, 0) is 43.2 Å². The summed E-state index contributed by atoms with van der Waals surface area (Å²) in [5.41, 5.74) is 1.71. The summed E-state index contributed by atoms with van der Waals surface area (Å²) in [6, 6.07) is 5.87. The standard InChI is InChI=1S/C23H31N3O5S2/c1-5-7-13-26(4)33(29,30)17-10-8-16(9-11-17)21(27)24-22-20(23(28)31-6-2)18-12-14-25(3)15-19(18)32-22/h8-11H,5-7,12-15H2,1-4H3,(H,24,27)/p+1. The molecule has 0 spiro atoms. The van der Waals surface area contributed by atoms with Gasteiger partial charge in [0.1, 0.15) is 11.5 Å². The normalized spacial score (nSPS) is 15.8. The number of esters is 1. The van der Waals surface area contributed by atoms with Gasteiger partial charge in [-0.2, -0.15) is 0 Å². The number of benzene rings is 1. The summed E-state index contributed by atoms with van der Waals surface area (Å²) in [4.78, 5) is 28.1. The Balaban J connectivity index is 1.82. The zero-order valence-electron chi connectivity index (χ0n) is 19.6. The Hall–Kier alpha value is -2.27. The fourth-order valence-corrected chi connectivity index (χ4v) is 6.32. The Morgan fingerprint density at radius 2 is 1.91 bits per heavy atom. The van der Waals surface area contributed by atoms with Crippen molar-refractivity contribution >= 4 is 38.2 Å². The van der Waals surface area contributed by atoms with Crippen LogP contribution in [0.3, 0.4) is 0 Å². The van der Waals surface area contributed by atoms with Crippen LogP contribution in [0.5, 0.6) is 0 Å². The quantitative estimate of drug-likeness (QED) is 0.521. The van der Waals surface area contributed by atoms with Crippen LogP contribution in [-0.2, 0) is 27.7 Å². The molecule has 33 heavy (non-hydrogen) atoms. The number of anilines is 1. The lowest BCUT2D eigenvalue weighted by Gasteiger charge is -2.19. The van der Waals surface area contributed by atoms with Crippen molar-refractivity contribution in [3.05, 3.63) is 45.8 Å². The molecule has 1 aliphatic rings. The number of hydrogen-bond acceptors (Lipinski definition) is 6. The topological polar surface area (TPSA) is 97.2 Å². The smallest absolute Gasteiger partial charge is 0.341 e. The number of sulfonamides is 1. The summed E-state index contributed by atoms with van der Waals surface area (Å²) < 4.78 is 32.0. The summed E-state index contributed by atoms with van der Waals surface area (Å²) in [6.07, 6.45) is 2.43. The first-order valence-electron chi connectivity index (χ1n) is 11.2. The van der Waals surface area contributed by atoms with Crippen LogP contribution in [0.15, 0.2) is 29.2 Å². The Labute approximate surface area is 199 Å². The van der Waals surface area contributed by atoms with Gasteiger partial charge in [-0.3, -0.25) is 4.79 Å². The van der Waals surface area contributed by atoms with E-state index in [0.29, 0.717) is 22.7 Å². The molecule has 1 aromatic carbocycles. The lowest BCUT2D eigenvalue weighted by atomic mass is 10.0. The highest BCUT2D eigenvalue weighted by atomic mass is 32.2. The number of likely N-dealkylation sites (N-methyl/N-ethyl adjacent to an activating group) is 1. The number of amides is 1. The number of carbonyl (C=O) groups is 2. The predicted octanol–water partition coefficient (Wildman–Crippen LogP) is 2.17. The minimum Gasteiger partial charge on any atom is -0.462 e. The number of rotatable bonds is 9. The molecule has 1 atom stereocenters. The van der Waals surface area contributed by atoms with Gasteiger partial charge in [0.15, 0.2) is 0 Å². The highest BCUT2D eigenvalue weighted by Gasteiger charge is 2.30. The Morgan fingerprint density at radius 3 is 2.55 bits per heavy atom. The number of thiophene rings is 1. The van der Waals surface area contributed by atoms with Crippen LogP contribution < -0.4 is 10.2 Å². The maximum atomic E-state index is 12.9. The summed E-state index contributed by atoms with van der Waals surface area (Å²) >= 11 is 1.41. The maximum absolute atomic E-state index is 12.9. The van der Waals surface area contributed by atoms with E-state index in [1.807, 2.05) is 6.92 Å². The van der Waals surface area contributed by atoms with Crippen LogP contribution >= 0.6 is 11.3 Å². The molecule has 0 saturated carbocycles. The van der Waals surface area contributed by atoms with Crippen molar-refractivity contribution in [2.24, 2.45) is 0 Å². The van der Waals surface area contributed by atoms with E-state index in [2.05, 4.69) is 12.4 Å². The second kappa shape index (κ2) is 10.8. The minimum atomic E-state index is -3.60. The van der Waals surface area contributed by atoms with Crippen molar-refractivity contribution in [2.75, 3.05) is 39.1 Å². The number of nitrogens with zero attached hydrogens (tertiary/aromatic N) is 1. The molecular weight excluding hydrogens is 462 g/mol. The van der Waals surface area contributed by atoms with Crippen LogP contribution in [0.4, 0.5) is 5.00 Å². The van der Waals surface area contributed by atoms with E-state index in [1.54, 1.807) is 14.0 Å². The van der Waals surface area contributed by atoms with Crippen LogP contribution in [0, 0.1) is 0 Å². The Morgan fingerprint density at radius 1 is 1.21 bits per heavy atom. The molecule has 1 unspecified atom stereocenters. The van der Waals surface area contributed by atoms with Gasteiger partial charge >= 0.3 is 5.97 Å². The number of unbranched alkanes of at least 4 members (excludes halogenated alkanes) is 1. The van der Waals surface area contributed by atoms with E-state index in [9.17, 15) is 18.0 Å². The van der Waals surface area contributed by atoms with Gasteiger partial charge in [0.2, 0.25) is 10.0 Å². The number of hydrogen-bond donors (Lipinski definition) is 2. The first kappa shape index (κ1) is 25.4. The average Bonchev–Trinajstić information content (AvgIpc) is 3.14. The molecule has 1 aliphatic heterocycles. The van der Waals surface area contributed by atoms with E-state index >= 15 is 0 Å². The molecular formula is C23H32N3O5S2+. The zero-order chi connectivity index (χ0) is 24.2. The number of carbonyl (C=O) groups excluding carboxylic acids is 2. The molecule has 3 rings (SSSR count). The molecule has 1 aromatic heterocycles. The average molecular weight is 495 g/mol. The van der Waals surface area contributed by atoms with Gasteiger partial charge in [-0.25, -0.2) is 17.5 Å². The third kappa shape index (κ3) is 5.63. The van der Waals surface area contributed by atoms with Crippen molar-refractivity contribution in [3.63, 3.8) is 0 Å². The molecule has 10 heteroatoms. The van der Waals surface area contributed by atoms with Gasteiger partial charge in [0, 0.05) is 25.6 Å². The maximum Gasteiger partial charge on any atom is 0.341 e. The highest BCUT2D eigenvalue weighted by Crippen LogP contribution is 2.35. The number of fused-ring (bicyclic) bond motifs is 1. The van der Waals surface area contributed by atoms with E-state index in [1.165, 1.54) is 44.8 Å². The zero-order valence-corrected chi connectivity index (χ0v) is 21.2. The molecule has 0 radical (unpaired) electrons. The number of ether oxygens (including phenoxy) is 1. The molecule has 1 amide bonds. The van der Waals surface area contributed by atoms with Gasteiger partial charge in [0.25, 0.3) is 5.91 Å². The first-order chi connectivity index (χ1) is 15.7. The molecule has 0 bridgehead atoms. The van der Waals surface area contributed by atoms with Crippen LogP contribution in [0.25, 0.3) is 0 Å². The lowest BCUT2D eigenvalue weighted by Crippen LogP contribution is -3.08. The van der Waals surface area contributed by atoms with E-state index in [4.69, 9.17) is 4.74 Å². The fraction of sp³-hybridized carbons (Fsp3) is 0.478. The van der Waals surface area contributed by atoms with Gasteiger partial charge in [-0.1, -0.05) is 13.3 Å². The van der Waals surface area contributed by atoms with Crippen LogP contribution in [0.2, 0.25) is 0 Å². The summed E-state index contributed by atoms with van der Waals surface area (Å²) in [7, 11) is 0.0492. The molecule has 0 saturated heterocycles. The Bertz CT molecular complexity index is 1110. The van der Waals surface area contributed by atoms with Gasteiger partial charge in [0.05, 0.1) is 35.5 Å². The van der Waals surface area contributed by atoms with Crippen molar-refractivity contribution < 1.29 is 27.6 Å². The third-order valence-corrected chi connectivity index (χ3v) is 8.73. The van der Waals surface area contributed by atoms with Crippen LogP contribution in [0.1, 0.15) is 57.8 Å². The van der Waals surface area contributed by atoms with Gasteiger partial charge < -0.3 is 15.0 Å². The summed E-state index contributed by atoms with van der Waals surface area (Å²) in [5, 5.41) is 3.34. The number of nitrogens with one attached hydrogen (secondary N) is 2. The molecule has 0 fully saturated rings. The Kier molecular flexibility index (Phi) is 8.28. The first-order valence-corrected chi connectivity index (χ1v) is 13.4. The fourth-order valence-electron chi connectivity index (χ4n) is 3.76. The largest absolute Gasteiger partial charge is 0.462 e. The van der Waals surface area contributed by atoms with Crippen molar-refractivity contribution in [2.45, 2.75) is 44.6 Å². The van der Waals surface area contributed by atoms with Crippen molar-refractivity contribution in [3.8, 4) is 0 Å². The SMILES string of the molecule is CCCCN(C)S(=O)(=O)c1ccc(C(=O)Nc2sc3c(c2C(=O)OCC)CC[NH+](C)C3)cc1. The molecule has 0 aliphatic carbocycles. The molecule has 2 N–H and O–H groups in total. The second-order valence-electron chi connectivity index (χ2n) is 8.22. The van der Waals surface area contributed by atoms with E-state index in [0.717, 1.165) is 42.8 Å². The molecule has 2 heterocycles. The molecule has 2 aromatic rings. The second-order valence-corrected chi connectivity index (χ2v) is 11.4. The molecule has 8 nitrogen and oxygen atoms in total. The number of quaternary nitrogens is 1. The minimum absolute atomic E-state index is 0.141. The monoisotopic (exact) mass is 494 g/mol. The van der Waals surface area contributed by atoms with Crippen molar-refractivity contribution in [1.82, 2.24) is 4.31 Å². The highest BCUT2D eigenvalue weighted by molar-refractivity contribution is 7.89. The van der Waals surface area contributed by atoms with E-state index in [-0.39, 0.29) is 11.5 Å². The summed E-state index contributed by atoms with van der Waals surface area (Å²) in [6.45, 7) is 6.15. The van der Waals surface area contributed by atoms with Crippen molar-refractivity contribution in [1.29, 1.82) is 0 Å². The van der Waals surface area contributed by atoms with Crippen LogP contribution in [-0.4, -0.2) is 58.4 Å².